The maximum atomic E-state index is 13.5. The topological polar surface area (TPSA) is 157 Å². The van der Waals surface area contributed by atoms with E-state index in [1.54, 1.807) is 0 Å². The maximum Gasteiger partial charge on any atom is 0.333 e. The highest BCUT2D eigenvalue weighted by Gasteiger charge is 2.35. The van der Waals surface area contributed by atoms with Crippen LogP contribution < -0.4 is 15.8 Å². The minimum Gasteiger partial charge on any atom is -0.393 e. The average molecular weight is 564 g/mol. The molecule has 1 fully saturated rings. The second-order valence-corrected chi connectivity index (χ2v) is 12.1. The van der Waals surface area contributed by atoms with Crippen LogP contribution in [0.1, 0.15) is 50.8 Å². The molecule has 10 nitrogen and oxygen atoms in total. The van der Waals surface area contributed by atoms with E-state index in [9.17, 15) is 18.3 Å². The maximum absolute atomic E-state index is 13.5. The van der Waals surface area contributed by atoms with Crippen LogP contribution in [0, 0.1) is 5.92 Å². The first-order chi connectivity index (χ1) is 17.7. The molecule has 37 heavy (non-hydrogen) atoms. The first-order valence-corrected chi connectivity index (χ1v) is 14.4. The number of anilines is 1. The molecule has 5 N–H and O–H groups in total. The summed E-state index contributed by atoms with van der Waals surface area (Å²) in [5, 5.41) is 22.0. The number of carbonyl (C=O) groups is 1. The van der Waals surface area contributed by atoms with E-state index in [2.05, 4.69) is 36.9 Å². The summed E-state index contributed by atoms with van der Waals surface area (Å²) in [6, 6.07) is 9.68. The van der Waals surface area contributed by atoms with Gasteiger partial charge in [-0.15, -0.1) is 11.3 Å². The smallest absolute Gasteiger partial charge is 0.333 e. The molecule has 196 valence electrons. The van der Waals surface area contributed by atoms with Crippen LogP contribution in [0.4, 0.5) is 5.82 Å². The summed E-state index contributed by atoms with van der Waals surface area (Å²) in [5.41, 5.74) is 3.54. The summed E-state index contributed by atoms with van der Waals surface area (Å²) in [4.78, 5) is 22.3. The number of rotatable bonds is 8. The van der Waals surface area contributed by atoms with Gasteiger partial charge in [-0.3, -0.25) is 8.98 Å². The van der Waals surface area contributed by atoms with E-state index in [4.69, 9.17) is 16.7 Å². The molecule has 1 aliphatic carbocycles. The van der Waals surface area contributed by atoms with Crippen molar-refractivity contribution in [2.24, 2.45) is 11.1 Å². The van der Waals surface area contributed by atoms with Gasteiger partial charge < -0.3 is 15.7 Å². The summed E-state index contributed by atoms with van der Waals surface area (Å²) < 4.78 is 27.4. The Kier molecular flexibility index (Phi) is 7.59. The number of benzene rings is 1. The molecule has 0 bridgehead atoms. The number of nitrogens with two attached hydrogens (primary N) is 1. The van der Waals surface area contributed by atoms with Crippen LogP contribution >= 0.6 is 22.9 Å². The number of aromatic nitrogens is 2. The fourth-order valence-electron chi connectivity index (χ4n) is 4.99. The van der Waals surface area contributed by atoms with Gasteiger partial charge in [-0.25, -0.2) is 15.1 Å². The van der Waals surface area contributed by atoms with Crippen LogP contribution in [0.2, 0.25) is 4.34 Å². The minimum atomic E-state index is -4.10. The van der Waals surface area contributed by atoms with Gasteiger partial charge >= 0.3 is 10.3 Å². The number of carbonyl (C=O) groups excluding carboxylic acids is 1. The number of aliphatic hydroxyl groups is 1. The Hall–Kier alpha value is -2.45. The summed E-state index contributed by atoms with van der Waals surface area (Å²) >= 11 is 7.85. The van der Waals surface area contributed by atoms with Crippen LogP contribution in [0.25, 0.3) is 0 Å². The predicted octanol–water partition coefficient (Wildman–Crippen LogP) is 2.43. The normalized spacial score (nSPS) is 23.5. The van der Waals surface area contributed by atoms with Crippen LogP contribution in [-0.4, -0.2) is 54.6 Å². The molecule has 0 amide bonds. The Morgan fingerprint density at radius 3 is 2.92 bits per heavy atom. The van der Waals surface area contributed by atoms with E-state index in [1.807, 2.05) is 18.2 Å². The fourth-order valence-corrected chi connectivity index (χ4v) is 6.65. The van der Waals surface area contributed by atoms with Crippen molar-refractivity contribution in [3.05, 3.63) is 74.3 Å². The lowest BCUT2D eigenvalue weighted by Crippen LogP contribution is -2.30. The molecule has 13 heteroatoms. The molecule has 0 radical (unpaired) electrons. The Labute approximate surface area is 223 Å². The average Bonchev–Trinajstić information content (AvgIpc) is 3.43. The van der Waals surface area contributed by atoms with E-state index in [1.165, 1.54) is 29.4 Å². The van der Waals surface area contributed by atoms with Gasteiger partial charge in [0.05, 0.1) is 33.5 Å². The van der Waals surface area contributed by atoms with Crippen LogP contribution in [0.3, 0.4) is 0 Å². The molecule has 3 heterocycles. The third-order valence-corrected chi connectivity index (χ3v) is 8.61. The van der Waals surface area contributed by atoms with Gasteiger partial charge in [-0.1, -0.05) is 35.9 Å². The van der Waals surface area contributed by atoms with Gasteiger partial charge in [0.25, 0.3) is 0 Å². The number of halogens is 1. The number of fused-ring (bicyclic) bond motifs is 1. The van der Waals surface area contributed by atoms with Crippen molar-refractivity contribution in [2.45, 2.75) is 37.5 Å². The van der Waals surface area contributed by atoms with Crippen LogP contribution in [-0.2, 0) is 20.9 Å². The fraction of sp³-hybridized carbons (Fsp3) is 0.375. The molecule has 1 aliphatic heterocycles. The third kappa shape index (κ3) is 5.85. The largest absolute Gasteiger partial charge is 0.393 e. The summed E-state index contributed by atoms with van der Waals surface area (Å²) in [7, 11) is -4.10. The molecule has 1 aromatic carbocycles. The summed E-state index contributed by atoms with van der Waals surface area (Å²) in [6.45, 7) is 0.594. The van der Waals surface area contributed by atoms with Gasteiger partial charge in [0.15, 0.2) is 0 Å². The molecule has 3 aromatic rings. The molecule has 2 aromatic heterocycles. The lowest BCUT2D eigenvalue weighted by Gasteiger charge is -2.26. The monoisotopic (exact) mass is 563 g/mol. The van der Waals surface area contributed by atoms with Crippen molar-refractivity contribution < 1.29 is 22.5 Å². The van der Waals surface area contributed by atoms with E-state index in [0.29, 0.717) is 27.9 Å². The summed E-state index contributed by atoms with van der Waals surface area (Å²) in [6.07, 6.45) is 3.67. The van der Waals surface area contributed by atoms with Crippen molar-refractivity contribution in [1.82, 2.24) is 15.3 Å². The number of ketones is 1. The van der Waals surface area contributed by atoms with E-state index in [0.717, 1.165) is 24.1 Å². The third-order valence-electron chi connectivity index (χ3n) is 6.76. The van der Waals surface area contributed by atoms with Gasteiger partial charge in [0.2, 0.25) is 5.78 Å². The van der Waals surface area contributed by atoms with Crippen molar-refractivity contribution >= 4 is 44.8 Å². The highest BCUT2D eigenvalue weighted by atomic mass is 35.5. The number of aliphatic hydroxyl groups excluding tert-OH is 1. The molecule has 1 saturated carbocycles. The first kappa shape index (κ1) is 26.2. The molecule has 5 rings (SSSR count). The zero-order chi connectivity index (χ0) is 26.2. The predicted molar refractivity (Wildman–Crippen MR) is 140 cm³/mol. The number of hydrogen-bond acceptors (Lipinski definition) is 10. The first-order valence-electron chi connectivity index (χ1n) is 11.8. The number of nitrogens with one attached hydrogen (secondary N) is 2. The van der Waals surface area contributed by atoms with Gasteiger partial charge in [-0.05, 0) is 36.5 Å². The van der Waals surface area contributed by atoms with Crippen LogP contribution in [0.5, 0.6) is 0 Å². The number of thiophene rings is 1. The SMILES string of the molecule is NS(=O)(=O)OC[C@H]1C[C@@H](Nc2ncncc2C(=O)c2cc([C@H]3NCCc4ccccc43)c(Cl)s2)C[C@@H]1O. The molecular weight excluding hydrogens is 538 g/mol. The van der Waals surface area contributed by atoms with E-state index in [-0.39, 0.29) is 30.0 Å². The molecule has 4 atom stereocenters. The Morgan fingerprint density at radius 2 is 2.11 bits per heavy atom. The zero-order valence-corrected chi connectivity index (χ0v) is 22.0. The minimum absolute atomic E-state index is 0.101. The Morgan fingerprint density at radius 1 is 1.30 bits per heavy atom. The van der Waals surface area contributed by atoms with E-state index >= 15 is 0 Å². The second kappa shape index (κ2) is 10.7. The van der Waals surface area contributed by atoms with Gasteiger partial charge in [-0.2, -0.15) is 8.42 Å². The van der Waals surface area contributed by atoms with Crippen LogP contribution in [0.15, 0.2) is 42.9 Å². The Bertz CT molecular complexity index is 1420. The highest BCUT2D eigenvalue weighted by Crippen LogP contribution is 2.39. The zero-order valence-electron chi connectivity index (χ0n) is 19.6. The van der Waals surface area contributed by atoms with Crippen molar-refractivity contribution in [1.29, 1.82) is 0 Å². The highest BCUT2D eigenvalue weighted by molar-refractivity contribution is 7.84. The number of hydrogen-bond donors (Lipinski definition) is 4. The summed E-state index contributed by atoms with van der Waals surface area (Å²) in [5.74, 6) is -0.364. The molecular formula is C24H26ClN5O5S2. The standard InChI is InChI=1S/C24H26ClN5O5S2/c25-23-17(21-16-4-2-1-3-13(16)5-6-28-21)9-20(36-23)22(32)18-10-27-12-29-24(18)30-15-7-14(19(31)8-15)11-35-37(26,33)34/h1-4,9-10,12,14-15,19,21,28,31H,5-8,11H2,(H2,26,33,34)(H,27,29,30)/t14-,15-,19+,21+/m1/s1. The second-order valence-electron chi connectivity index (χ2n) is 9.21. The van der Waals surface area contributed by atoms with Crippen molar-refractivity contribution in [3.8, 4) is 0 Å². The Balaban J connectivity index is 1.34. The van der Waals surface area contributed by atoms with E-state index < -0.39 is 22.3 Å². The molecule has 0 saturated heterocycles. The lowest BCUT2D eigenvalue weighted by molar-refractivity contribution is 0.101. The lowest BCUT2D eigenvalue weighted by atomic mass is 9.91. The van der Waals surface area contributed by atoms with Crippen molar-refractivity contribution in [2.75, 3.05) is 18.5 Å². The molecule has 2 aliphatic rings. The molecule has 0 spiro atoms. The van der Waals surface area contributed by atoms with Crippen molar-refractivity contribution in [3.63, 3.8) is 0 Å². The number of nitrogens with zero attached hydrogens (tertiary/aromatic N) is 2. The van der Waals surface area contributed by atoms with Gasteiger partial charge in [0, 0.05) is 30.3 Å². The quantitative estimate of drug-likeness (QED) is 0.302. The van der Waals surface area contributed by atoms with Gasteiger partial charge in [0.1, 0.15) is 12.1 Å². The molecule has 0 unspecified atom stereocenters.